The van der Waals surface area contributed by atoms with E-state index in [1.165, 1.54) is 15.9 Å². The number of thiazole rings is 1. The lowest BCUT2D eigenvalue weighted by atomic mass is 10.2. The van der Waals surface area contributed by atoms with Gasteiger partial charge >= 0.3 is 0 Å². The first-order valence-electron chi connectivity index (χ1n) is 6.38. The molecular weight excluding hydrogens is 290 g/mol. The second-order valence-corrected chi connectivity index (χ2v) is 5.23. The second kappa shape index (κ2) is 5.83. The summed E-state index contributed by atoms with van der Waals surface area (Å²) in [7, 11) is 0. The van der Waals surface area contributed by atoms with Gasteiger partial charge in [-0.2, -0.15) is 4.98 Å². The zero-order valence-corrected chi connectivity index (χ0v) is 11.9. The highest BCUT2D eigenvalue weighted by Crippen LogP contribution is 2.12. The molecule has 0 saturated carbocycles. The number of nitrogens with zero attached hydrogens (tertiary/aromatic N) is 5. The van der Waals surface area contributed by atoms with E-state index >= 15 is 0 Å². The van der Waals surface area contributed by atoms with Crippen LogP contribution in [0.5, 0.6) is 0 Å². The van der Waals surface area contributed by atoms with Gasteiger partial charge in [-0.25, -0.2) is 14.5 Å². The topological polar surface area (TPSA) is 111 Å². The number of aromatic nitrogens is 5. The lowest BCUT2D eigenvalue weighted by Crippen LogP contribution is -2.26. The highest BCUT2D eigenvalue weighted by Gasteiger charge is 2.12. The highest BCUT2D eigenvalue weighted by atomic mass is 32.1. The lowest BCUT2D eigenvalue weighted by molar-refractivity contribution is 0.0943. The summed E-state index contributed by atoms with van der Waals surface area (Å²) in [5.41, 5.74) is 6.50. The normalized spacial score (nSPS) is 10.9. The molecule has 1 amide bonds. The minimum absolute atomic E-state index is 0.117. The van der Waals surface area contributed by atoms with Crippen molar-refractivity contribution in [1.82, 2.24) is 29.9 Å². The number of nitrogen functional groups attached to an aromatic ring is 1. The molecule has 0 aromatic carbocycles. The molecule has 0 aliphatic heterocycles. The smallest absolute Gasteiger partial charge is 0.291 e. The second-order valence-electron chi connectivity index (χ2n) is 4.34. The Morgan fingerprint density at radius 3 is 3.10 bits per heavy atom. The summed E-state index contributed by atoms with van der Waals surface area (Å²) in [4.78, 5) is 24.1. The number of amides is 1. The van der Waals surface area contributed by atoms with Gasteiger partial charge in [-0.3, -0.25) is 4.79 Å². The zero-order valence-electron chi connectivity index (χ0n) is 11.1. The Bertz CT molecular complexity index is 733. The van der Waals surface area contributed by atoms with Crippen molar-refractivity contribution in [2.45, 2.75) is 12.8 Å². The number of fused-ring (bicyclic) bond motifs is 1. The number of nitrogens with two attached hydrogens (primary N) is 1. The average Bonchev–Trinajstić information content (AvgIpc) is 3.09. The van der Waals surface area contributed by atoms with Gasteiger partial charge < -0.3 is 11.1 Å². The largest absolute Gasteiger partial charge is 0.375 e. The van der Waals surface area contributed by atoms with Crippen LogP contribution in [0, 0.1) is 0 Å². The first kappa shape index (κ1) is 13.4. The molecule has 3 heterocycles. The number of rotatable bonds is 5. The van der Waals surface area contributed by atoms with Crippen LogP contribution in [0.1, 0.15) is 22.7 Å². The van der Waals surface area contributed by atoms with Gasteiger partial charge in [0.2, 0.25) is 5.82 Å². The SMILES string of the molecule is Nc1nc(CCCNC(=O)c2nc3ncccn3n2)cs1. The number of hydrogen-bond acceptors (Lipinski definition) is 7. The average molecular weight is 303 g/mol. The molecule has 3 aromatic heterocycles. The molecule has 0 saturated heterocycles. The number of anilines is 1. The molecule has 8 nitrogen and oxygen atoms in total. The van der Waals surface area contributed by atoms with Crippen LogP contribution in [0.15, 0.2) is 23.8 Å². The van der Waals surface area contributed by atoms with Crippen LogP contribution >= 0.6 is 11.3 Å². The quantitative estimate of drug-likeness (QED) is 0.665. The third kappa shape index (κ3) is 3.14. The van der Waals surface area contributed by atoms with Gasteiger partial charge in [0.05, 0.1) is 5.69 Å². The van der Waals surface area contributed by atoms with Crippen molar-refractivity contribution < 1.29 is 4.79 Å². The highest BCUT2D eigenvalue weighted by molar-refractivity contribution is 7.13. The number of carbonyl (C=O) groups excluding carboxylic acids is 1. The van der Waals surface area contributed by atoms with Crippen molar-refractivity contribution >= 4 is 28.2 Å². The van der Waals surface area contributed by atoms with E-state index in [1.54, 1.807) is 18.5 Å². The fraction of sp³-hybridized carbons (Fsp3) is 0.250. The predicted molar refractivity (Wildman–Crippen MR) is 78.0 cm³/mol. The first-order chi connectivity index (χ1) is 10.2. The van der Waals surface area contributed by atoms with Gasteiger partial charge in [0, 0.05) is 24.3 Å². The molecule has 3 N–H and O–H groups in total. The van der Waals surface area contributed by atoms with Crippen molar-refractivity contribution in [3.8, 4) is 0 Å². The summed E-state index contributed by atoms with van der Waals surface area (Å²) in [6.07, 6.45) is 4.85. The molecule has 0 fully saturated rings. The Balaban J connectivity index is 1.52. The maximum Gasteiger partial charge on any atom is 0.291 e. The van der Waals surface area contributed by atoms with E-state index in [4.69, 9.17) is 5.73 Å². The Hall–Kier alpha value is -2.55. The number of carbonyl (C=O) groups is 1. The van der Waals surface area contributed by atoms with Crippen molar-refractivity contribution in [3.63, 3.8) is 0 Å². The molecule has 0 aliphatic rings. The summed E-state index contributed by atoms with van der Waals surface area (Å²) >= 11 is 1.42. The summed E-state index contributed by atoms with van der Waals surface area (Å²) in [6.45, 7) is 0.527. The van der Waals surface area contributed by atoms with Crippen LogP contribution < -0.4 is 11.1 Å². The van der Waals surface area contributed by atoms with E-state index in [-0.39, 0.29) is 11.7 Å². The van der Waals surface area contributed by atoms with E-state index < -0.39 is 0 Å². The van der Waals surface area contributed by atoms with E-state index in [0.717, 1.165) is 18.5 Å². The summed E-state index contributed by atoms with van der Waals surface area (Å²) < 4.78 is 1.47. The zero-order chi connectivity index (χ0) is 14.7. The van der Waals surface area contributed by atoms with Gasteiger partial charge in [0.15, 0.2) is 5.13 Å². The van der Waals surface area contributed by atoms with E-state index in [2.05, 4.69) is 25.4 Å². The summed E-state index contributed by atoms with van der Waals surface area (Å²) in [5.74, 6) is 0.213. The third-order valence-corrected chi connectivity index (χ3v) is 3.51. The van der Waals surface area contributed by atoms with Crippen LogP contribution in [0.4, 0.5) is 5.13 Å². The molecule has 0 unspecified atom stereocenters. The van der Waals surface area contributed by atoms with Crippen molar-refractivity contribution in [1.29, 1.82) is 0 Å². The van der Waals surface area contributed by atoms with Gasteiger partial charge in [-0.1, -0.05) is 0 Å². The minimum Gasteiger partial charge on any atom is -0.375 e. The van der Waals surface area contributed by atoms with E-state index in [0.29, 0.717) is 17.5 Å². The van der Waals surface area contributed by atoms with Crippen molar-refractivity contribution in [2.24, 2.45) is 0 Å². The maximum absolute atomic E-state index is 11.9. The molecule has 0 bridgehead atoms. The number of hydrogen-bond donors (Lipinski definition) is 2. The monoisotopic (exact) mass is 303 g/mol. The molecule has 9 heteroatoms. The Labute approximate surface area is 124 Å². The van der Waals surface area contributed by atoms with E-state index in [9.17, 15) is 4.79 Å². The molecule has 3 rings (SSSR count). The maximum atomic E-state index is 11.9. The Morgan fingerprint density at radius 2 is 2.33 bits per heavy atom. The minimum atomic E-state index is -0.307. The molecule has 0 atom stereocenters. The van der Waals surface area contributed by atoms with Crippen LogP contribution in [-0.4, -0.2) is 37.0 Å². The predicted octanol–water partition coefficient (Wildman–Crippen LogP) is 0.526. The van der Waals surface area contributed by atoms with Crippen LogP contribution in [-0.2, 0) is 6.42 Å². The lowest BCUT2D eigenvalue weighted by Gasteiger charge is -2.00. The van der Waals surface area contributed by atoms with Crippen LogP contribution in [0.25, 0.3) is 5.78 Å². The number of nitrogens with one attached hydrogen (secondary N) is 1. The fourth-order valence-electron chi connectivity index (χ4n) is 1.82. The molecule has 0 aliphatic carbocycles. The Morgan fingerprint density at radius 1 is 1.43 bits per heavy atom. The van der Waals surface area contributed by atoms with Gasteiger partial charge in [0.1, 0.15) is 0 Å². The molecule has 0 radical (unpaired) electrons. The van der Waals surface area contributed by atoms with Gasteiger partial charge in [0.25, 0.3) is 11.7 Å². The molecule has 0 spiro atoms. The Kier molecular flexibility index (Phi) is 3.73. The molecule has 108 valence electrons. The third-order valence-electron chi connectivity index (χ3n) is 2.78. The summed E-state index contributed by atoms with van der Waals surface area (Å²) in [5, 5.41) is 9.32. The van der Waals surface area contributed by atoms with Gasteiger partial charge in [-0.05, 0) is 18.9 Å². The van der Waals surface area contributed by atoms with Crippen LogP contribution in [0.3, 0.4) is 0 Å². The molecule has 3 aromatic rings. The summed E-state index contributed by atoms with van der Waals surface area (Å²) in [6, 6.07) is 1.73. The molecular formula is C12H13N7OS. The van der Waals surface area contributed by atoms with E-state index in [1.807, 2.05) is 5.38 Å². The van der Waals surface area contributed by atoms with Gasteiger partial charge in [-0.15, -0.1) is 16.4 Å². The fourth-order valence-corrected chi connectivity index (χ4v) is 2.41. The van der Waals surface area contributed by atoms with Crippen LogP contribution in [0.2, 0.25) is 0 Å². The first-order valence-corrected chi connectivity index (χ1v) is 7.26. The number of aryl methyl sites for hydroxylation is 1. The standard InChI is InChI=1S/C12H13N7OS/c13-11-16-8(7-21-11)3-1-4-14-10(20)9-17-12-15-5-2-6-19(12)18-9/h2,5-7H,1,3-4H2,(H2,13,16)(H,14,20). The van der Waals surface area contributed by atoms with Crippen molar-refractivity contribution in [3.05, 3.63) is 35.4 Å². The van der Waals surface area contributed by atoms with Crippen molar-refractivity contribution in [2.75, 3.05) is 12.3 Å². The molecule has 21 heavy (non-hydrogen) atoms.